The lowest BCUT2D eigenvalue weighted by atomic mass is 9.91. The summed E-state index contributed by atoms with van der Waals surface area (Å²) in [6, 6.07) is 5.54. The van der Waals surface area contributed by atoms with Crippen LogP contribution < -0.4 is 10.2 Å². The fraction of sp³-hybridized carbons (Fsp3) is 0.588. The van der Waals surface area contributed by atoms with Crippen molar-refractivity contribution in [3.63, 3.8) is 0 Å². The number of carbonyl (C=O) groups is 1. The minimum absolute atomic E-state index is 0.0320. The van der Waals surface area contributed by atoms with Gasteiger partial charge in [0.05, 0.1) is 12.1 Å². The van der Waals surface area contributed by atoms with Gasteiger partial charge < -0.3 is 10.2 Å². The van der Waals surface area contributed by atoms with E-state index in [-0.39, 0.29) is 12.5 Å². The lowest BCUT2D eigenvalue weighted by Gasteiger charge is -2.37. The fourth-order valence-corrected chi connectivity index (χ4v) is 2.54. The van der Waals surface area contributed by atoms with Gasteiger partial charge in [-0.05, 0) is 12.1 Å². The van der Waals surface area contributed by atoms with Crippen molar-refractivity contribution >= 4 is 11.7 Å². The fourth-order valence-electron chi connectivity index (χ4n) is 2.54. The lowest BCUT2D eigenvalue weighted by Crippen LogP contribution is -2.50. The van der Waals surface area contributed by atoms with Gasteiger partial charge in [-0.3, -0.25) is 4.79 Å². The molecule has 6 heteroatoms. The normalized spacial score (nSPS) is 17.4. The molecule has 1 fully saturated rings. The molecule has 1 amide bonds. The topological polar surface area (TPSA) is 69.0 Å². The summed E-state index contributed by atoms with van der Waals surface area (Å²) >= 11 is 0. The molecular weight excluding hydrogens is 295 g/mol. The molecule has 1 N–H and O–H groups in total. The molecule has 0 spiro atoms. The van der Waals surface area contributed by atoms with Crippen LogP contribution in [0.2, 0.25) is 0 Å². The maximum absolute atomic E-state index is 14.9. The first kappa shape index (κ1) is 17.2. The van der Waals surface area contributed by atoms with E-state index in [9.17, 15) is 9.18 Å². The van der Waals surface area contributed by atoms with Gasteiger partial charge in [-0.2, -0.15) is 5.26 Å². The monoisotopic (exact) mass is 318 g/mol. The molecule has 0 radical (unpaired) electrons. The summed E-state index contributed by atoms with van der Waals surface area (Å²) < 4.78 is 14.9. The number of alkyl halides is 1. The third kappa shape index (κ3) is 4.19. The van der Waals surface area contributed by atoms with Crippen molar-refractivity contribution in [2.24, 2.45) is 5.41 Å². The molecule has 2 heterocycles. The minimum Gasteiger partial charge on any atom is -0.355 e. The third-order valence-electron chi connectivity index (χ3n) is 4.11. The largest absolute Gasteiger partial charge is 0.355 e. The molecule has 1 aliphatic heterocycles. The Bertz CT molecular complexity index is 610. The third-order valence-corrected chi connectivity index (χ3v) is 4.11. The quantitative estimate of drug-likeness (QED) is 0.929. The summed E-state index contributed by atoms with van der Waals surface area (Å²) in [6.45, 7) is 6.41. The molecule has 1 saturated heterocycles. The van der Waals surface area contributed by atoms with Crippen LogP contribution in [0.15, 0.2) is 18.3 Å². The van der Waals surface area contributed by atoms with Crippen molar-refractivity contribution < 1.29 is 9.18 Å². The number of nitriles is 1. The van der Waals surface area contributed by atoms with Gasteiger partial charge in [0.2, 0.25) is 5.91 Å². The number of nitrogens with one attached hydrogen (secondary N) is 1. The van der Waals surface area contributed by atoms with Gasteiger partial charge in [-0.15, -0.1) is 0 Å². The Kier molecular flexibility index (Phi) is 4.88. The highest BCUT2D eigenvalue weighted by Crippen LogP contribution is 2.29. The summed E-state index contributed by atoms with van der Waals surface area (Å²) in [4.78, 5) is 18.1. The summed E-state index contributed by atoms with van der Waals surface area (Å²) in [5.74, 6) is 0.462. The molecule has 0 bridgehead atoms. The van der Waals surface area contributed by atoms with Crippen LogP contribution in [0, 0.1) is 16.7 Å². The predicted octanol–water partition coefficient (Wildman–Crippen LogP) is 2.42. The van der Waals surface area contributed by atoms with E-state index in [0.29, 0.717) is 37.3 Å². The number of hydrogen-bond acceptors (Lipinski definition) is 4. The molecule has 1 aromatic rings. The average molecular weight is 318 g/mol. The Labute approximate surface area is 136 Å². The summed E-state index contributed by atoms with van der Waals surface area (Å²) in [5.41, 5.74) is -1.42. The van der Waals surface area contributed by atoms with Gasteiger partial charge in [-0.1, -0.05) is 20.8 Å². The molecule has 1 aliphatic rings. The zero-order chi connectivity index (χ0) is 17.1. The number of nitrogens with zero attached hydrogens (tertiary/aromatic N) is 3. The molecule has 0 aliphatic carbocycles. The standard InChI is InChI=1S/C17H23FN4O/c1-16(2,3)15(23)21-12-17(18)6-9-22(10-7-17)14-13(11-19)5-4-8-20-14/h4-5,8H,6-7,9-10,12H2,1-3H3,(H,21,23). The first-order valence-electron chi connectivity index (χ1n) is 7.82. The Morgan fingerprint density at radius 1 is 1.48 bits per heavy atom. The second kappa shape index (κ2) is 6.53. The van der Waals surface area contributed by atoms with Crippen LogP contribution >= 0.6 is 0 Å². The van der Waals surface area contributed by atoms with Crippen molar-refractivity contribution in [2.45, 2.75) is 39.3 Å². The van der Waals surface area contributed by atoms with E-state index in [1.807, 2.05) is 4.90 Å². The number of hydrogen-bond donors (Lipinski definition) is 1. The molecule has 124 valence electrons. The summed E-state index contributed by atoms with van der Waals surface area (Å²) in [7, 11) is 0. The number of rotatable bonds is 3. The van der Waals surface area contributed by atoms with E-state index in [4.69, 9.17) is 5.26 Å². The number of anilines is 1. The van der Waals surface area contributed by atoms with E-state index in [0.717, 1.165) is 0 Å². The van der Waals surface area contributed by atoms with Gasteiger partial charge in [0.15, 0.2) is 0 Å². The van der Waals surface area contributed by atoms with Crippen LogP contribution in [0.25, 0.3) is 0 Å². The van der Waals surface area contributed by atoms with Crippen molar-refractivity contribution in [1.82, 2.24) is 10.3 Å². The van der Waals surface area contributed by atoms with Crippen molar-refractivity contribution in [2.75, 3.05) is 24.5 Å². The Morgan fingerprint density at radius 3 is 2.70 bits per heavy atom. The average Bonchev–Trinajstić information content (AvgIpc) is 2.52. The maximum atomic E-state index is 14.9. The lowest BCUT2D eigenvalue weighted by molar-refractivity contribution is -0.129. The first-order chi connectivity index (χ1) is 10.7. The van der Waals surface area contributed by atoms with E-state index in [1.54, 1.807) is 39.1 Å². The second-order valence-electron chi connectivity index (χ2n) is 7.06. The molecule has 5 nitrogen and oxygen atoms in total. The Morgan fingerprint density at radius 2 is 2.13 bits per heavy atom. The van der Waals surface area contributed by atoms with Gasteiger partial charge in [0, 0.05) is 37.5 Å². The zero-order valence-electron chi connectivity index (χ0n) is 13.9. The zero-order valence-corrected chi connectivity index (χ0v) is 13.9. The molecular formula is C17H23FN4O. The Balaban J connectivity index is 1.95. The van der Waals surface area contributed by atoms with Crippen LogP contribution in [0.1, 0.15) is 39.2 Å². The van der Waals surface area contributed by atoms with Gasteiger partial charge in [0.1, 0.15) is 17.6 Å². The number of pyridine rings is 1. The van der Waals surface area contributed by atoms with E-state index in [1.165, 1.54) is 0 Å². The van der Waals surface area contributed by atoms with E-state index in [2.05, 4.69) is 16.4 Å². The number of carbonyl (C=O) groups excluding carboxylic acids is 1. The van der Waals surface area contributed by atoms with Crippen LogP contribution in [-0.2, 0) is 4.79 Å². The number of piperidine rings is 1. The van der Waals surface area contributed by atoms with Gasteiger partial charge in [0.25, 0.3) is 0 Å². The Hall–Kier alpha value is -2.16. The van der Waals surface area contributed by atoms with Gasteiger partial charge >= 0.3 is 0 Å². The first-order valence-corrected chi connectivity index (χ1v) is 7.82. The second-order valence-corrected chi connectivity index (χ2v) is 7.06. The van der Waals surface area contributed by atoms with Crippen molar-refractivity contribution in [3.8, 4) is 6.07 Å². The highest BCUT2D eigenvalue weighted by molar-refractivity contribution is 5.81. The minimum atomic E-state index is -1.40. The molecule has 0 atom stereocenters. The molecule has 23 heavy (non-hydrogen) atoms. The maximum Gasteiger partial charge on any atom is 0.225 e. The number of halogens is 1. The predicted molar refractivity (Wildman–Crippen MR) is 86.7 cm³/mol. The SMILES string of the molecule is CC(C)(C)C(=O)NCC1(F)CCN(c2ncccc2C#N)CC1. The molecule has 2 rings (SSSR count). The van der Waals surface area contributed by atoms with E-state index < -0.39 is 11.1 Å². The van der Waals surface area contributed by atoms with Crippen LogP contribution in [0.5, 0.6) is 0 Å². The van der Waals surface area contributed by atoms with Crippen LogP contribution in [0.3, 0.4) is 0 Å². The number of aromatic nitrogens is 1. The van der Waals surface area contributed by atoms with Crippen molar-refractivity contribution in [3.05, 3.63) is 23.9 Å². The number of amides is 1. The summed E-state index contributed by atoms with van der Waals surface area (Å²) in [5, 5.41) is 11.8. The molecule has 0 aromatic carbocycles. The molecule has 0 saturated carbocycles. The smallest absolute Gasteiger partial charge is 0.225 e. The molecule has 0 unspecified atom stereocenters. The van der Waals surface area contributed by atoms with Crippen molar-refractivity contribution in [1.29, 1.82) is 5.26 Å². The van der Waals surface area contributed by atoms with Crippen LogP contribution in [0.4, 0.5) is 10.2 Å². The molecule has 1 aromatic heterocycles. The van der Waals surface area contributed by atoms with Crippen LogP contribution in [-0.4, -0.2) is 36.2 Å². The van der Waals surface area contributed by atoms with E-state index >= 15 is 0 Å². The summed E-state index contributed by atoms with van der Waals surface area (Å²) in [6.07, 6.45) is 2.24. The van der Waals surface area contributed by atoms with Gasteiger partial charge in [-0.25, -0.2) is 9.37 Å². The highest BCUT2D eigenvalue weighted by atomic mass is 19.1. The highest BCUT2D eigenvalue weighted by Gasteiger charge is 2.36.